The molecule has 23 heavy (non-hydrogen) atoms. The molecular formula is C16H17BrN2O4. The van der Waals surface area contributed by atoms with Gasteiger partial charge in [-0.2, -0.15) is 5.26 Å². The monoisotopic (exact) mass is 380 g/mol. The van der Waals surface area contributed by atoms with Crippen LogP contribution in [0, 0.1) is 11.3 Å². The summed E-state index contributed by atoms with van der Waals surface area (Å²) >= 11 is 3.20. The highest BCUT2D eigenvalue weighted by Gasteiger charge is 2.18. The van der Waals surface area contributed by atoms with Crippen molar-refractivity contribution in [2.75, 3.05) is 20.3 Å². The molecule has 1 saturated heterocycles. The number of nitrogens with zero attached hydrogens (tertiary/aromatic N) is 1. The van der Waals surface area contributed by atoms with Gasteiger partial charge in [0.25, 0.3) is 5.91 Å². The molecule has 0 bridgehead atoms. The molecule has 0 unspecified atom stereocenters. The number of nitriles is 1. The SMILES string of the molecule is COc1cc(/C=C(\C#N)C(=O)NC[C@H]2CCCO2)cc(Br)c1O. The molecular weight excluding hydrogens is 364 g/mol. The number of carbonyl (C=O) groups is 1. The van der Waals surface area contributed by atoms with E-state index >= 15 is 0 Å². The molecule has 1 aliphatic rings. The summed E-state index contributed by atoms with van der Waals surface area (Å²) in [7, 11) is 1.43. The van der Waals surface area contributed by atoms with Gasteiger partial charge in [-0.15, -0.1) is 0 Å². The van der Waals surface area contributed by atoms with Crippen LogP contribution in [0.1, 0.15) is 18.4 Å². The molecule has 1 aliphatic heterocycles. The maximum absolute atomic E-state index is 12.1. The molecule has 0 aliphatic carbocycles. The zero-order chi connectivity index (χ0) is 16.8. The second-order valence-corrected chi connectivity index (χ2v) is 5.92. The first-order valence-electron chi connectivity index (χ1n) is 7.13. The number of phenolic OH excluding ortho intramolecular Hbond substituents is 1. The first kappa shape index (κ1) is 17.3. The zero-order valence-electron chi connectivity index (χ0n) is 12.6. The molecule has 1 heterocycles. The Bertz CT molecular complexity index is 661. The lowest BCUT2D eigenvalue weighted by atomic mass is 10.1. The van der Waals surface area contributed by atoms with Crippen LogP contribution < -0.4 is 10.1 Å². The first-order valence-corrected chi connectivity index (χ1v) is 7.92. The molecule has 1 aromatic rings. The highest BCUT2D eigenvalue weighted by atomic mass is 79.9. The van der Waals surface area contributed by atoms with Crippen molar-refractivity contribution in [3.05, 3.63) is 27.7 Å². The van der Waals surface area contributed by atoms with Crippen LogP contribution in [-0.2, 0) is 9.53 Å². The molecule has 1 fully saturated rings. The Morgan fingerprint density at radius 1 is 1.65 bits per heavy atom. The van der Waals surface area contributed by atoms with Gasteiger partial charge >= 0.3 is 0 Å². The lowest BCUT2D eigenvalue weighted by Crippen LogP contribution is -2.32. The third-order valence-corrected chi connectivity index (χ3v) is 4.07. The van der Waals surface area contributed by atoms with Crippen LogP contribution in [0.4, 0.5) is 0 Å². The van der Waals surface area contributed by atoms with Crippen LogP contribution >= 0.6 is 15.9 Å². The number of ether oxygens (including phenoxy) is 2. The van der Waals surface area contributed by atoms with E-state index in [-0.39, 0.29) is 23.2 Å². The van der Waals surface area contributed by atoms with Gasteiger partial charge in [-0.3, -0.25) is 4.79 Å². The second-order valence-electron chi connectivity index (χ2n) is 5.07. The minimum atomic E-state index is -0.453. The molecule has 6 nitrogen and oxygen atoms in total. The van der Waals surface area contributed by atoms with Gasteiger partial charge in [0.15, 0.2) is 11.5 Å². The Morgan fingerprint density at radius 3 is 3.04 bits per heavy atom. The Morgan fingerprint density at radius 2 is 2.43 bits per heavy atom. The topological polar surface area (TPSA) is 91.6 Å². The summed E-state index contributed by atoms with van der Waals surface area (Å²) in [5, 5.41) is 21.7. The number of hydrogen-bond acceptors (Lipinski definition) is 5. The number of rotatable bonds is 5. The van der Waals surface area contributed by atoms with Crippen LogP contribution in [0.5, 0.6) is 11.5 Å². The Balaban J connectivity index is 2.13. The number of carbonyl (C=O) groups excluding carboxylic acids is 1. The number of phenols is 1. The maximum Gasteiger partial charge on any atom is 0.262 e. The van der Waals surface area contributed by atoms with Crippen molar-refractivity contribution in [3.63, 3.8) is 0 Å². The Hall–Kier alpha value is -2.04. The smallest absolute Gasteiger partial charge is 0.262 e. The molecule has 0 aromatic heterocycles. The van der Waals surface area contributed by atoms with Crippen molar-refractivity contribution in [1.82, 2.24) is 5.32 Å². The van der Waals surface area contributed by atoms with Crippen LogP contribution in [0.2, 0.25) is 0 Å². The second kappa shape index (κ2) is 7.99. The molecule has 0 radical (unpaired) electrons. The molecule has 122 valence electrons. The van der Waals surface area contributed by atoms with Gasteiger partial charge < -0.3 is 19.9 Å². The van der Waals surface area contributed by atoms with Crippen molar-refractivity contribution in [3.8, 4) is 17.6 Å². The predicted molar refractivity (Wildman–Crippen MR) is 87.9 cm³/mol. The fourth-order valence-electron chi connectivity index (χ4n) is 2.26. The van der Waals surface area contributed by atoms with E-state index in [4.69, 9.17) is 9.47 Å². The van der Waals surface area contributed by atoms with Gasteiger partial charge in [0.2, 0.25) is 0 Å². The molecule has 2 rings (SSSR count). The van der Waals surface area contributed by atoms with Crippen molar-refractivity contribution in [2.24, 2.45) is 0 Å². The highest BCUT2D eigenvalue weighted by molar-refractivity contribution is 9.10. The largest absolute Gasteiger partial charge is 0.503 e. The fraction of sp³-hybridized carbons (Fsp3) is 0.375. The summed E-state index contributed by atoms with van der Waals surface area (Å²) in [6.45, 7) is 1.10. The average Bonchev–Trinajstić information content (AvgIpc) is 3.06. The summed E-state index contributed by atoms with van der Waals surface area (Å²) in [6.07, 6.45) is 3.36. The first-order chi connectivity index (χ1) is 11.0. The third kappa shape index (κ3) is 4.47. The fourth-order valence-corrected chi connectivity index (χ4v) is 2.71. The lowest BCUT2D eigenvalue weighted by Gasteiger charge is -2.10. The molecule has 1 atom stereocenters. The molecule has 1 amide bonds. The van der Waals surface area contributed by atoms with Crippen molar-refractivity contribution >= 4 is 27.9 Å². The number of aromatic hydroxyl groups is 1. The normalized spacial score (nSPS) is 17.6. The van der Waals surface area contributed by atoms with E-state index in [1.165, 1.54) is 13.2 Å². The van der Waals surface area contributed by atoms with Crippen LogP contribution in [0.3, 0.4) is 0 Å². The van der Waals surface area contributed by atoms with Gasteiger partial charge in [-0.25, -0.2) is 0 Å². The third-order valence-electron chi connectivity index (χ3n) is 3.46. The standard InChI is InChI=1S/C16H17BrN2O4/c1-22-14-7-10(6-13(17)15(14)20)5-11(8-18)16(21)19-9-12-3-2-4-23-12/h5-7,12,20H,2-4,9H2,1H3,(H,19,21)/b11-5+/t12-/m1/s1. The molecule has 0 spiro atoms. The van der Waals surface area contributed by atoms with E-state index in [2.05, 4.69) is 21.2 Å². The van der Waals surface area contributed by atoms with E-state index in [9.17, 15) is 15.2 Å². The van der Waals surface area contributed by atoms with E-state index in [0.717, 1.165) is 12.8 Å². The van der Waals surface area contributed by atoms with Crippen molar-refractivity contribution < 1.29 is 19.4 Å². The molecule has 2 N–H and O–H groups in total. The Labute approximate surface area is 142 Å². The van der Waals surface area contributed by atoms with Crippen LogP contribution in [0.25, 0.3) is 6.08 Å². The van der Waals surface area contributed by atoms with Gasteiger partial charge in [0.1, 0.15) is 11.6 Å². The van der Waals surface area contributed by atoms with Gasteiger partial charge in [-0.1, -0.05) is 0 Å². The number of hydrogen-bond donors (Lipinski definition) is 2. The Kier molecular flexibility index (Phi) is 6.02. The lowest BCUT2D eigenvalue weighted by molar-refractivity contribution is -0.117. The van der Waals surface area contributed by atoms with Crippen LogP contribution in [-0.4, -0.2) is 37.4 Å². The molecule has 1 aromatic carbocycles. The molecule has 0 saturated carbocycles. The summed E-state index contributed by atoms with van der Waals surface area (Å²) in [5.41, 5.74) is 0.540. The van der Waals surface area contributed by atoms with E-state index in [0.29, 0.717) is 23.2 Å². The maximum atomic E-state index is 12.1. The quantitative estimate of drug-likeness (QED) is 0.604. The van der Waals surface area contributed by atoms with E-state index < -0.39 is 5.91 Å². The number of methoxy groups -OCH3 is 1. The zero-order valence-corrected chi connectivity index (χ0v) is 14.2. The number of nitrogens with one attached hydrogen (secondary N) is 1. The summed E-state index contributed by atoms with van der Waals surface area (Å²) < 4.78 is 10.9. The van der Waals surface area contributed by atoms with Gasteiger partial charge in [0.05, 0.1) is 17.7 Å². The van der Waals surface area contributed by atoms with E-state index in [1.54, 1.807) is 12.1 Å². The summed E-state index contributed by atoms with van der Waals surface area (Å²) in [4.78, 5) is 12.1. The number of halogens is 1. The van der Waals surface area contributed by atoms with Crippen molar-refractivity contribution in [1.29, 1.82) is 5.26 Å². The number of amides is 1. The van der Waals surface area contributed by atoms with E-state index in [1.807, 2.05) is 6.07 Å². The predicted octanol–water partition coefficient (Wildman–Crippen LogP) is 2.37. The van der Waals surface area contributed by atoms with Gasteiger partial charge in [0, 0.05) is 13.2 Å². The summed E-state index contributed by atoms with van der Waals surface area (Å²) in [5.74, 6) is -0.236. The highest BCUT2D eigenvalue weighted by Crippen LogP contribution is 2.35. The summed E-state index contributed by atoms with van der Waals surface area (Å²) in [6, 6.07) is 5.03. The molecule has 7 heteroatoms. The average molecular weight is 381 g/mol. The van der Waals surface area contributed by atoms with Crippen LogP contribution in [0.15, 0.2) is 22.2 Å². The van der Waals surface area contributed by atoms with Crippen molar-refractivity contribution in [2.45, 2.75) is 18.9 Å². The minimum absolute atomic E-state index is 0.0156. The van der Waals surface area contributed by atoms with Gasteiger partial charge in [-0.05, 0) is 52.5 Å². The number of benzene rings is 1. The minimum Gasteiger partial charge on any atom is -0.503 e.